The van der Waals surface area contributed by atoms with Gasteiger partial charge in [-0.2, -0.15) is 0 Å². The molecule has 0 bridgehead atoms. The Labute approximate surface area is 200 Å². The first-order valence-electron chi connectivity index (χ1n) is 10.7. The summed E-state index contributed by atoms with van der Waals surface area (Å²) < 4.78 is 6.76. The molecule has 0 radical (unpaired) electrons. The van der Waals surface area contributed by atoms with Crippen LogP contribution in [0, 0.1) is 6.92 Å². The Balaban J connectivity index is 1.53. The number of anilines is 1. The standard InChI is InChI=1S/C25H22ClN3O3S/c1-14-22(29-10-9-18(26)12-20(29)27-14)23(30)28-24-21(25(31)32-2)19(13-33-24)17-8-7-15-5-3-4-6-16(15)11-17/h7-13H,3-6H2,1-2H3,(H,28,30). The first kappa shape index (κ1) is 21.7. The topological polar surface area (TPSA) is 72.7 Å². The lowest BCUT2D eigenvalue weighted by atomic mass is 9.89. The highest BCUT2D eigenvalue weighted by Crippen LogP contribution is 2.38. The van der Waals surface area contributed by atoms with Crippen LogP contribution in [0.4, 0.5) is 5.00 Å². The van der Waals surface area contributed by atoms with Crippen LogP contribution in [0.25, 0.3) is 16.8 Å². The van der Waals surface area contributed by atoms with Gasteiger partial charge in [-0.3, -0.25) is 9.20 Å². The van der Waals surface area contributed by atoms with Gasteiger partial charge in [-0.1, -0.05) is 29.8 Å². The number of nitrogens with one attached hydrogen (secondary N) is 1. The molecular weight excluding hydrogens is 458 g/mol. The molecule has 0 spiro atoms. The third kappa shape index (κ3) is 3.92. The van der Waals surface area contributed by atoms with E-state index in [4.69, 9.17) is 16.3 Å². The number of carbonyl (C=O) groups is 2. The number of fused-ring (bicyclic) bond motifs is 2. The van der Waals surface area contributed by atoms with Crippen molar-refractivity contribution in [1.29, 1.82) is 0 Å². The van der Waals surface area contributed by atoms with Crippen LogP contribution in [0.3, 0.4) is 0 Å². The molecule has 6 nitrogen and oxygen atoms in total. The van der Waals surface area contributed by atoms with E-state index < -0.39 is 5.97 Å². The number of hydrogen-bond donors (Lipinski definition) is 1. The fourth-order valence-corrected chi connectivity index (χ4v) is 5.55. The second kappa shape index (κ2) is 8.65. The smallest absolute Gasteiger partial charge is 0.341 e. The number of methoxy groups -OCH3 is 1. The lowest BCUT2D eigenvalue weighted by molar-refractivity contribution is 0.0603. The molecule has 3 heterocycles. The minimum atomic E-state index is -0.485. The Kier molecular flexibility index (Phi) is 5.68. The van der Waals surface area contributed by atoms with Gasteiger partial charge in [-0.15, -0.1) is 11.3 Å². The first-order chi connectivity index (χ1) is 16.0. The molecule has 8 heteroatoms. The molecule has 1 amide bonds. The van der Waals surface area contributed by atoms with E-state index in [0.717, 1.165) is 24.0 Å². The predicted molar refractivity (Wildman–Crippen MR) is 131 cm³/mol. The van der Waals surface area contributed by atoms with Gasteiger partial charge in [-0.25, -0.2) is 9.78 Å². The van der Waals surface area contributed by atoms with Crippen LogP contribution in [-0.4, -0.2) is 28.4 Å². The van der Waals surface area contributed by atoms with Crippen molar-refractivity contribution in [3.05, 3.63) is 75.0 Å². The number of aryl methyl sites for hydroxylation is 3. The average molecular weight is 480 g/mol. The van der Waals surface area contributed by atoms with Crippen molar-refractivity contribution in [2.24, 2.45) is 0 Å². The van der Waals surface area contributed by atoms with E-state index in [1.165, 1.54) is 42.4 Å². The number of halogens is 1. The minimum absolute atomic E-state index is 0.355. The van der Waals surface area contributed by atoms with Crippen molar-refractivity contribution in [3.8, 4) is 11.1 Å². The van der Waals surface area contributed by atoms with Crippen LogP contribution >= 0.6 is 22.9 Å². The molecule has 5 rings (SSSR count). The molecule has 0 fully saturated rings. The number of esters is 1. The maximum atomic E-state index is 13.2. The Bertz CT molecular complexity index is 1410. The van der Waals surface area contributed by atoms with Crippen molar-refractivity contribution in [3.63, 3.8) is 0 Å². The van der Waals surface area contributed by atoms with Crippen LogP contribution in [0.15, 0.2) is 41.9 Å². The number of rotatable bonds is 4. The lowest BCUT2D eigenvalue weighted by Crippen LogP contribution is -2.17. The molecular formula is C25H22ClN3O3S. The van der Waals surface area contributed by atoms with Gasteiger partial charge in [0.1, 0.15) is 21.9 Å². The molecule has 1 aromatic carbocycles. The van der Waals surface area contributed by atoms with Gasteiger partial charge in [-0.05, 0) is 55.4 Å². The summed E-state index contributed by atoms with van der Waals surface area (Å²) in [6, 6.07) is 9.75. The molecule has 1 N–H and O–H groups in total. The van der Waals surface area contributed by atoms with Crippen LogP contribution < -0.4 is 5.32 Å². The van der Waals surface area contributed by atoms with Crippen LogP contribution in [0.5, 0.6) is 0 Å². The molecule has 0 unspecified atom stereocenters. The number of thiophene rings is 1. The van der Waals surface area contributed by atoms with Crippen molar-refractivity contribution in [2.75, 3.05) is 12.4 Å². The molecule has 1 aliphatic rings. The van der Waals surface area contributed by atoms with Crippen molar-refractivity contribution in [2.45, 2.75) is 32.6 Å². The van der Waals surface area contributed by atoms with E-state index in [1.54, 1.807) is 29.7 Å². The summed E-state index contributed by atoms with van der Waals surface area (Å²) >= 11 is 7.37. The van der Waals surface area contributed by atoms with E-state index in [9.17, 15) is 9.59 Å². The van der Waals surface area contributed by atoms with Crippen LogP contribution in [0.2, 0.25) is 5.02 Å². The number of pyridine rings is 1. The van der Waals surface area contributed by atoms with Gasteiger partial charge in [0.15, 0.2) is 0 Å². The summed E-state index contributed by atoms with van der Waals surface area (Å²) in [6.45, 7) is 1.77. The summed E-state index contributed by atoms with van der Waals surface area (Å²) in [5.41, 5.74) is 6.32. The summed E-state index contributed by atoms with van der Waals surface area (Å²) in [4.78, 5) is 30.4. The van der Waals surface area contributed by atoms with Crippen molar-refractivity contribution < 1.29 is 14.3 Å². The molecule has 33 heavy (non-hydrogen) atoms. The normalized spacial score (nSPS) is 13.1. The zero-order valence-electron chi connectivity index (χ0n) is 18.3. The van der Waals surface area contributed by atoms with E-state index in [1.807, 2.05) is 11.4 Å². The monoisotopic (exact) mass is 479 g/mol. The fraction of sp³-hybridized carbons (Fsp3) is 0.240. The van der Waals surface area contributed by atoms with Crippen LogP contribution in [0.1, 0.15) is 50.5 Å². The highest BCUT2D eigenvalue weighted by molar-refractivity contribution is 7.15. The minimum Gasteiger partial charge on any atom is -0.465 e. The summed E-state index contributed by atoms with van der Waals surface area (Å²) in [7, 11) is 1.35. The van der Waals surface area contributed by atoms with E-state index in [0.29, 0.717) is 32.6 Å². The Morgan fingerprint density at radius 3 is 2.73 bits per heavy atom. The van der Waals surface area contributed by atoms with Crippen molar-refractivity contribution in [1.82, 2.24) is 9.38 Å². The Morgan fingerprint density at radius 1 is 1.15 bits per heavy atom. The number of amides is 1. The zero-order valence-corrected chi connectivity index (χ0v) is 19.8. The Hall–Kier alpha value is -3.16. The van der Waals surface area contributed by atoms with Gasteiger partial charge in [0.25, 0.3) is 5.91 Å². The van der Waals surface area contributed by atoms with Crippen molar-refractivity contribution >= 4 is 45.5 Å². The van der Waals surface area contributed by atoms with Gasteiger partial charge >= 0.3 is 5.97 Å². The number of carbonyl (C=O) groups excluding carboxylic acids is 2. The molecule has 4 aromatic rings. The summed E-state index contributed by atoms with van der Waals surface area (Å²) in [5, 5.41) is 5.80. The molecule has 1 aliphatic carbocycles. The third-order valence-corrected chi connectivity index (χ3v) is 7.18. The van der Waals surface area contributed by atoms with Crippen LogP contribution in [-0.2, 0) is 17.6 Å². The lowest BCUT2D eigenvalue weighted by Gasteiger charge is -2.16. The number of nitrogens with zero attached hydrogens (tertiary/aromatic N) is 2. The third-order valence-electron chi connectivity index (χ3n) is 6.04. The molecule has 168 valence electrons. The number of aromatic nitrogens is 2. The number of benzene rings is 1. The first-order valence-corrected chi connectivity index (χ1v) is 12.0. The average Bonchev–Trinajstić information content (AvgIpc) is 3.37. The molecule has 3 aromatic heterocycles. The number of hydrogen-bond acceptors (Lipinski definition) is 5. The second-order valence-electron chi connectivity index (χ2n) is 8.11. The molecule has 0 aliphatic heterocycles. The highest BCUT2D eigenvalue weighted by atomic mass is 35.5. The zero-order chi connectivity index (χ0) is 23.1. The molecule has 0 saturated carbocycles. The predicted octanol–water partition coefficient (Wildman–Crippen LogP) is 5.94. The maximum absolute atomic E-state index is 13.2. The quantitative estimate of drug-likeness (QED) is 0.367. The van der Waals surface area contributed by atoms with E-state index >= 15 is 0 Å². The highest BCUT2D eigenvalue weighted by Gasteiger charge is 2.25. The number of ether oxygens (including phenoxy) is 1. The largest absolute Gasteiger partial charge is 0.465 e. The summed E-state index contributed by atoms with van der Waals surface area (Å²) in [6.07, 6.45) is 6.23. The van der Waals surface area contributed by atoms with Gasteiger partial charge in [0.2, 0.25) is 0 Å². The van der Waals surface area contributed by atoms with Gasteiger partial charge < -0.3 is 10.1 Å². The Morgan fingerprint density at radius 2 is 1.94 bits per heavy atom. The fourth-order valence-electron chi connectivity index (χ4n) is 4.44. The van der Waals surface area contributed by atoms with Gasteiger partial charge in [0, 0.05) is 28.2 Å². The molecule has 0 saturated heterocycles. The SMILES string of the molecule is COC(=O)c1c(-c2ccc3c(c2)CCCC3)csc1NC(=O)c1c(C)nc2cc(Cl)ccn12. The van der Waals surface area contributed by atoms with Gasteiger partial charge in [0.05, 0.1) is 12.8 Å². The van der Waals surface area contributed by atoms with E-state index in [-0.39, 0.29) is 5.91 Å². The van der Waals surface area contributed by atoms with E-state index in [2.05, 4.69) is 22.4 Å². The summed E-state index contributed by atoms with van der Waals surface area (Å²) in [5.74, 6) is -0.841. The number of imidazole rings is 1. The molecule has 0 atom stereocenters. The second-order valence-corrected chi connectivity index (χ2v) is 9.42. The maximum Gasteiger partial charge on any atom is 0.341 e.